The number of aromatic nitrogens is 2. The summed E-state index contributed by atoms with van der Waals surface area (Å²) in [4.78, 5) is 28.8. The van der Waals surface area contributed by atoms with Crippen LogP contribution in [0.1, 0.15) is 10.5 Å². The minimum atomic E-state index is -4.11. The summed E-state index contributed by atoms with van der Waals surface area (Å²) in [6.45, 7) is 0. The molecule has 0 spiro atoms. The van der Waals surface area contributed by atoms with E-state index in [9.17, 15) is 23.1 Å². The fourth-order valence-corrected chi connectivity index (χ4v) is 3.84. The Morgan fingerprint density at radius 1 is 1.10 bits per heavy atom. The highest BCUT2D eigenvalue weighted by Gasteiger charge is 2.21. The monoisotopic (exact) mass is 455 g/mol. The highest BCUT2D eigenvalue weighted by molar-refractivity contribution is 7.92. The summed E-state index contributed by atoms with van der Waals surface area (Å²) in [6.07, 6.45) is 0. The molecule has 2 aromatic carbocycles. The number of halogens is 2. The zero-order valence-electron chi connectivity index (χ0n) is 14.2. The van der Waals surface area contributed by atoms with Crippen molar-refractivity contribution < 1.29 is 23.4 Å². The first-order chi connectivity index (χ1) is 13.6. The average Bonchev–Trinajstić information content (AvgIpc) is 2.66. The number of nitrogens with zero attached hydrogens (tertiary/aromatic N) is 1. The summed E-state index contributed by atoms with van der Waals surface area (Å²) in [5.74, 6) is -2.93. The number of hydrogen-bond donors (Lipinski definition) is 4. The lowest BCUT2D eigenvalue weighted by Gasteiger charge is -2.13. The topological polar surface area (TPSA) is 149 Å². The molecular formula is C17H11Cl2N3O6S. The van der Waals surface area contributed by atoms with Crippen molar-refractivity contribution in [2.45, 2.75) is 4.90 Å². The highest BCUT2D eigenvalue weighted by atomic mass is 35.5. The van der Waals surface area contributed by atoms with Gasteiger partial charge in [0, 0.05) is 5.56 Å². The van der Waals surface area contributed by atoms with E-state index in [-0.39, 0.29) is 32.0 Å². The zero-order chi connectivity index (χ0) is 21.3. The van der Waals surface area contributed by atoms with Crippen molar-refractivity contribution in [2.24, 2.45) is 0 Å². The van der Waals surface area contributed by atoms with Crippen LogP contribution in [0.3, 0.4) is 0 Å². The van der Waals surface area contributed by atoms with Crippen LogP contribution in [0, 0.1) is 0 Å². The second-order valence-electron chi connectivity index (χ2n) is 5.64. The molecule has 4 N–H and O–H groups in total. The molecule has 12 heteroatoms. The molecule has 0 aliphatic heterocycles. The van der Waals surface area contributed by atoms with E-state index < -0.39 is 33.0 Å². The standard InChI is InChI=1S/C17H11Cl2N3O6S/c18-10-6-5-8(7-11(10)19)29(27,28)22-12-4-2-1-3-9(12)15-20-13(17(25)26)14(23)16(24)21-15/h1-7,22-23H,(H,25,26)(H,20,21,24). The molecule has 3 rings (SSSR count). The van der Waals surface area contributed by atoms with Crippen molar-refractivity contribution >= 4 is 44.9 Å². The van der Waals surface area contributed by atoms with Gasteiger partial charge in [-0.05, 0) is 30.3 Å². The van der Waals surface area contributed by atoms with Crippen LogP contribution in [-0.2, 0) is 10.0 Å². The Morgan fingerprint density at radius 3 is 2.45 bits per heavy atom. The Hall–Kier alpha value is -3.08. The van der Waals surface area contributed by atoms with Gasteiger partial charge in [-0.3, -0.25) is 9.52 Å². The molecule has 0 saturated heterocycles. The van der Waals surface area contributed by atoms with E-state index in [1.54, 1.807) is 0 Å². The summed E-state index contributed by atoms with van der Waals surface area (Å²) in [5.41, 5.74) is -1.88. The number of hydrogen-bond acceptors (Lipinski definition) is 6. The molecule has 1 aromatic heterocycles. The first kappa shape index (κ1) is 20.6. The van der Waals surface area contributed by atoms with E-state index in [1.165, 1.54) is 36.4 Å². The van der Waals surface area contributed by atoms with Crippen LogP contribution >= 0.6 is 23.2 Å². The number of anilines is 1. The number of carboxylic acid groups (broad SMARTS) is 1. The van der Waals surface area contributed by atoms with Gasteiger partial charge in [-0.1, -0.05) is 35.3 Å². The van der Waals surface area contributed by atoms with Crippen LogP contribution in [0.25, 0.3) is 11.4 Å². The van der Waals surface area contributed by atoms with Crippen LogP contribution in [-0.4, -0.2) is 34.6 Å². The lowest BCUT2D eigenvalue weighted by atomic mass is 10.1. The average molecular weight is 456 g/mol. The van der Waals surface area contributed by atoms with Gasteiger partial charge in [0.25, 0.3) is 15.6 Å². The van der Waals surface area contributed by atoms with Crippen LogP contribution < -0.4 is 10.3 Å². The summed E-state index contributed by atoms with van der Waals surface area (Å²) < 4.78 is 27.7. The van der Waals surface area contributed by atoms with Crippen LogP contribution in [0.2, 0.25) is 10.0 Å². The van der Waals surface area contributed by atoms with Gasteiger partial charge >= 0.3 is 5.97 Å². The predicted molar refractivity (Wildman–Crippen MR) is 106 cm³/mol. The fraction of sp³-hybridized carbons (Fsp3) is 0. The highest BCUT2D eigenvalue weighted by Crippen LogP contribution is 2.30. The molecule has 0 amide bonds. The predicted octanol–water partition coefficient (Wildman–Crippen LogP) is 2.95. The maximum atomic E-state index is 12.7. The van der Waals surface area contributed by atoms with Crippen molar-refractivity contribution in [3.05, 3.63) is 68.6 Å². The second-order valence-corrected chi connectivity index (χ2v) is 8.14. The molecule has 0 atom stereocenters. The molecule has 0 aliphatic rings. The Morgan fingerprint density at radius 2 is 1.79 bits per heavy atom. The van der Waals surface area contributed by atoms with Gasteiger partial charge in [0.1, 0.15) is 5.82 Å². The molecule has 29 heavy (non-hydrogen) atoms. The summed E-state index contributed by atoms with van der Waals surface area (Å²) >= 11 is 11.7. The maximum absolute atomic E-state index is 12.7. The van der Waals surface area contributed by atoms with Gasteiger partial charge in [-0.15, -0.1) is 0 Å². The van der Waals surface area contributed by atoms with E-state index >= 15 is 0 Å². The van der Waals surface area contributed by atoms with Gasteiger partial charge in [0.05, 0.1) is 20.6 Å². The van der Waals surface area contributed by atoms with Gasteiger partial charge in [-0.2, -0.15) is 0 Å². The number of carbonyl (C=O) groups is 1. The lowest BCUT2D eigenvalue weighted by Crippen LogP contribution is -2.17. The molecule has 0 saturated carbocycles. The number of para-hydroxylation sites is 1. The number of sulfonamides is 1. The van der Waals surface area contributed by atoms with Gasteiger partial charge in [0.2, 0.25) is 5.75 Å². The molecule has 3 aromatic rings. The Balaban J connectivity index is 2.10. The molecule has 0 bridgehead atoms. The molecule has 1 heterocycles. The van der Waals surface area contributed by atoms with Crippen LogP contribution in [0.15, 0.2) is 52.2 Å². The number of benzene rings is 2. The fourth-order valence-electron chi connectivity index (χ4n) is 2.37. The molecule has 0 unspecified atom stereocenters. The number of nitrogens with one attached hydrogen (secondary N) is 2. The van der Waals surface area contributed by atoms with Crippen molar-refractivity contribution in [2.75, 3.05) is 4.72 Å². The largest absolute Gasteiger partial charge is 0.501 e. The minimum Gasteiger partial charge on any atom is -0.501 e. The van der Waals surface area contributed by atoms with Gasteiger partial charge in [0.15, 0.2) is 5.69 Å². The molecule has 0 aliphatic carbocycles. The zero-order valence-corrected chi connectivity index (χ0v) is 16.5. The van der Waals surface area contributed by atoms with Crippen molar-refractivity contribution in [3.8, 4) is 17.1 Å². The molecule has 0 fully saturated rings. The number of rotatable bonds is 5. The van der Waals surface area contributed by atoms with Crippen molar-refractivity contribution in [1.29, 1.82) is 0 Å². The number of aromatic hydroxyl groups is 1. The maximum Gasteiger partial charge on any atom is 0.358 e. The van der Waals surface area contributed by atoms with E-state index in [2.05, 4.69) is 14.7 Å². The first-order valence-corrected chi connectivity index (χ1v) is 9.98. The molecule has 150 valence electrons. The molecular weight excluding hydrogens is 445 g/mol. The summed E-state index contributed by atoms with van der Waals surface area (Å²) in [7, 11) is -4.11. The first-order valence-electron chi connectivity index (χ1n) is 7.74. The van der Waals surface area contributed by atoms with E-state index in [0.717, 1.165) is 6.07 Å². The van der Waals surface area contributed by atoms with Crippen LogP contribution in [0.5, 0.6) is 5.75 Å². The van der Waals surface area contributed by atoms with Crippen molar-refractivity contribution in [1.82, 2.24) is 9.97 Å². The second kappa shape index (κ2) is 7.74. The Labute approximate surface area is 173 Å². The summed E-state index contributed by atoms with van der Waals surface area (Å²) in [5, 5.41) is 18.9. The number of aromatic carboxylic acids is 1. The Bertz CT molecular complexity index is 1290. The molecule has 0 radical (unpaired) electrons. The van der Waals surface area contributed by atoms with Crippen molar-refractivity contribution in [3.63, 3.8) is 0 Å². The number of aromatic amines is 1. The third kappa shape index (κ3) is 4.19. The van der Waals surface area contributed by atoms with E-state index in [0.29, 0.717) is 0 Å². The third-order valence-corrected chi connectivity index (χ3v) is 5.83. The van der Waals surface area contributed by atoms with E-state index in [1.807, 2.05) is 0 Å². The quantitative estimate of drug-likeness (QED) is 0.461. The SMILES string of the molecule is O=C(O)c1nc(-c2ccccc2NS(=O)(=O)c2ccc(Cl)c(Cl)c2)[nH]c(=O)c1O. The van der Waals surface area contributed by atoms with Crippen LogP contribution in [0.4, 0.5) is 5.69 Å². The number of carboxylic acids is 1. The smallest absolute Gasteiger partial charge is 0.358 e. The normalized spacial score (nSPS) is 11.2. The molecule has 9 nitrogen and oxygen atoms in total. The summed E-state index contributed by atoms with van der Waals surface area (Å²) in [6, 6.07) is 9.58. The lowest BCUT2D eigenvalue weighted by molar-refractivity contribution is 0.0686. The van der Waals surface area contributed by atoms with E-state index in [4.69, 9.17) is 28.3 Å². The Kier molecular flexibility index (Phi) is 5.51. The third-order valence-electron chi connectivity index (χ3n) is 3.73. The minimum absolute atomic E-state index is 0.00347. The van der Waals surface area contributed by atoms with Gasteiger partial charge in [-0.25, -0.2) is 18.2 Å². The van der Waals surface area contributed by atoms with Gasteiger partial charge < -0.3 is 15.2 Å². The number of H-pyrrole nitrogens is 1.